The van der Waals surface area contributed by atoms with Crippen LogP contribution in [0.3, 0.4) is 0 Å². The van der Waals surface area contributed by atoms with Crippen LogP contribution in [-0.4, -0.2) is 61.6 Å². The Balaban J connectivity index is 1.18. The molecule has 2 N–H and O–H groups in total. The molecule has 3 heterocycles. The SMILES string of the molecule is COc1ccc(NC(=O)N[C@H]2CC[C@@H](Oc3nc(N4CCOCC4)cc4ncccc34)CC2)cc1. The molecule has 1 aliphatic carbocycles. The summed E-state index contributed by atoms with van der Waals surface area (Å²) in [5.41, 5.74) is 1.61. The van der Waals surface area contributed by atoms with Crippen LogP contribution in [-0.2, 0) is 4.74 Å². The monoisotopic (exact) mass is 477 g/mol. The number of morpholine rings is 1. The van der Waals surface area contributed by atoms with Gasteiger partial charge in [0.15, 0.2) is 0 Å². The molecule has 0 unspecified atom stereocenters. The number of benzene rings is 1. The van der Waals surface area contributed by atoms with Crippen molar-refractivity contribution in [2.75, 3.05) is 43.6 Å². The summed E-state index contributed by atoms with van der Waals surface area (Å²) in [4.78, 5) is 24.0. The van der Waals surface area contributed by atoms with Crippen LogP contribution in [0.5, 0.6) is 11.6 Å². The number of aromatic nitrogens is 2. The molecule has 2 aliphatic rings. The van der Waals surface area contributed by atoms with E-state index in [0.717, 1.165) is 66.9 Å². The molecule has 3 aromatic rings. The number of methoxy groups -OCH3 is 1. The molecule has 1 saturated carbocycles. The van der Waals surface area contributed by atoms with Gasteiger partial charge in [-0.3, -0.25) is 4.98 Å². The van der Waals surface area contributed by atoms with Gasteiger partial charge in [0, 0.05) is 37.1 Å². The predicted octanol–water partition coefficient (Wildman–Crippen LogP) is 3.99. The fraction of sp³-hybridized carbons (Fsp3) is 0.423. The summed E-state index contributed by atoms with van der Waals surface area (Å²) in [5, 5.41) is 6.88. The van der Waals surface area contributed by atoms with Gasteiger partial charge in [-0.05, 0) is 62.1 Å². The van der Waals surface area contributed by atoms with Crippen LogP contribution in [0.2, 0.25) is 0 Å². The normalized spacial score (nSPS) is 20.3. The van der Waals surface area contributed by atoms with Crippen molar-refractivity contribution in [1.29, 1.82) is 0 Å². The van der Waals surface area contributed by atoms with E-state index in [0.29, 0.717) is 19.1 Å². The Morgan fingerprint density at radius 3 is 2.60 bits per heavy atom. The lowest BCUT2D eigenvalue weighted by molar-refractivity contribution is 0.121. The van der Waals surface area contributed by atoms with Gasteiger partial charge < -0.3 is 29.7 Å². The van der Waals surface area contributed by atoms with Crippen LogP contribution in [0.25, 0.3) is 10.9 Å². The smallest absolute Gasteiger partial charge is 0.319 e. The molecule has 2 aromatic heterocycles. The number of hydrogen-bond donors (Lipinski definition) is 2. The number of hydrogen-bond acceptors (Lipinski definition) is 7. The summed E-state index contributed by atoms with van der Waals surface area (Å²) >= 11 is 0. The van der Waals surface area contributed by atoms with Crippen LogP contribution in [0.4, 0.5) is 16.3 Å². The molecular formula is C26H31N5O4. The van der Waals surface area contributed by atoms with Crippen molar-refractivity contribution in [1.82, 2.24) is 15.3 Å². The van der Waals surface area contributed by atoms with Gasteiger partial charge >= 0.3 is 6.03 Å². The number of nitrogens with zero attached hydrogens (tertiary/aromatic N) is 3. The van der Waals surface area contributed by atoms with Gasteiger partial charge in [0.05, 0.1) is 31.2 Å². The lowest BCUT2D eigenvalue weighted by atomic mass is 9.93. The molecule has 2 amide bonds. The Kier molecular flexibility index (Phi) is 7.13. The van der Waals surface area contributed by atoms with E-state index >= 15 is 0 Å². The molecule has 9 nitrogen and oxygen atoms in total. The molecule has 9 heteroatoms. The Hall–Kier alpha value is -3.59. The number of amides is 2. The van der Waals surface area contributed by atoms with Gasteiger partial charge in [-0.25, -0.2) is 4.79 Å². The van der Waals surface area contributed by atoms with E-state index in [1.54, 1.807) is 13.3 Å². The maximum Gasteiger partial charge on any atom is 0.319 e. The summed E-state index contributed by atoms with van der Waals surface area (Å²) in [6.07, 6.45) is 5.23. The minimum absolute atomic E-state index is 0.0496. The lowest BCUT2D eigenvalue weighted by Gasteiger charge is -2.31. The fourth-order valence-corrected chi connectivity index (χ4v) is 4.59. The minimum Gasteiger partial charge on any atom is -0.497 e. The van der Waals surface area contributed by atoms with Crippen molar-refractivity contribution in [3.8, 4) is 11.6 Å². The van der Waals surface area contributed by atoms with Crippen molar-refractivity contribution >= 4 is 28.4 Å². The zero-order valence-electron chi connectivity index (χ0n) is 19.9. The summed E-state index contributed by atoms with van der Waals surface area (Å²) in [7, 11) is 1.62. The van der Waals surface area contributed by atoms with Crippen molar-refractivity contribution < 1.29 is 19.0 Å². The number of carbonyl (C=O) groups excluding carboxylic acids is 1. The highest BCUT2D eigenvalue weighted by molar-refractivity contribution is 5.89. The van der Waals surface area contributed by atoms with Crippen LogP contribution >= 0.6 is 0 Å². The van der Waals surface area contributed by atoms with Crippen molar-refractivity contribution in [2.45, 2.75) is 37.8 Å². The van der Waals surface area contributed by atoms with Gasteiger partial charge in [-0.1, -0.05) is 0 Å². The molecule has 1 aliphatic heterocycles. The second-order valence-corrected chi connectivity index (χ2v) is 8.87. The first kappa shape index (κ1) is 23.2. The topological polar surface area (TPSA) is 97.8 Å². The van der Waals surface area contributed by atoms with Crippen LogP contribution < -0.4 is 25.0 Å². The van der Waals surface area contributed by atoms with E-state index in [9.17, 15) is 4.79 Å². The van der Waals surface area contributed by atoms with Crippen molar-refractivity contribution in [3.63, 3.8) is 0 Å². The number of ether oxygens (including phenoxy) is 3. The number of pyridine rings is 2. The molecule has 0 spiro atoms. The molecule has 184 valence electrons. The average molecular weight is 478 g/mol. The first-order valence-electron chi connectivity index (χ1n) is 12.1. The maximum absolute atomic E-state index is 12.4. The average Bonchev–Trinajstić information content (AvgIpc) is 2.90. The van der Waals surface area contributed by atoms with Gasteiger partial charge in [-0.2, -0.15) is 4.98 Å². The van der Waals surface area contributed by atoms with E-state index in [1.807, 2.05) is 42.5 Å². The predicted molar refractivity (Wildman–Crippen MR) is 134 cm³/mol. The Labute approximate surface area is 204 Å². The number of carbonyl (C=O) groups is 1. The van der Waals surface area contributed by atoms with E-state index < -0.39 is 0 Å². The largest absolute Gasteiger partial charge is 0.497 e. The van der Waals surface area contributed by atoms with E-state index in [4.69, 9.17) is 19.2 Å². The zero-order valence-corrected chi connectivity index (χ0v) is 19.9. The number of urea groups is 1. The fourth-order valence-electron chi connectivity index (χ4n) is 4.59. The van der Waals surface area contributed by atoms with Gasteiger partial charge in [0.2, 0.25) is 5.88 Å². The summed E-state index contributed by atoms with van der Waals surface area (Å²) in [5.74, 6) is 2.26. The van der Waals surface area contributed by atoms with Crippen LogP contribution in [0.15, 0.2) is 48.7 Å². The molecule has 35 heavy (non-hydrogen) atoms. The first-order valence-corrected chi connectivity index (χ1v) is 12.1. The molecule has 0 bridgehead atoms. The highest BCUT2D eigenvalue weighted by Crippen LogP contribution is 2.31. The summed E-state index contributed by atoms with van der Waals surface area (Å²) in [6.45, 7) is 3.00. The Morgan fingerprint density at radius 1 is 1.09 bits per heavy atom. The van der Waals surface area contributed by atoms with Gasteiger partial charge in [-0.15, -0.1) is 0 Å². The molecule has 5 rings (SSSR count). The second kappa shape index (κ2) is 10.8. The summed E-state index contributed by atoms with van der Waals surface area (Å²) in [6, 6.07) is 13.1. The molecule has 0 radical (unpaired) electrons. The number of rotatable bonds is 6. The second-order valence-electron chi connectivity index (χ2n) is 8.87. The maximum atomic E-state index is 12.4. The molecular weight excluding hydrogens is 446 g/mol. The number of nitrogens with one attached hydrogen (secondary N) is 2. The molecule has 1 saturated heterocycles. The zero-order chi connectivity index (χ0) is 24.0. The third kappa shape index (κ3) is 5.74. The van der Waals surface area contributed by atoms with Crippen molar-refractivity contribution in [3.05, 3.63) is 48.7 Å². The van der Waals surface area contributed by atoms with E-state index in [2.05, 4.69) is 20.5 Å². The number of fused-ring (bicyclic) bond motifs is 1. The molecule has 0 atom stereocenters. The quantitative estimate of drug-likeness (QED) is 0.554. The highest BCUT2D eigenvalue weighted by atomic mass is 16.5. The van der Waals surface area contributed by atoms with Crippen LogP contribution in [0, 0.1) is 0 Å². The third-order valence-electron chi connectivity index (χ3n) is 6.52. The third-order valence-corrected chi connectivity index (χ3v) is 6.52. The molecule has 2 fully saturated rings. The van der Waals surface area contributed by atoms with E-state index in [-0.39, 0.29) is 18.2 Å². The van der Waals surface area contributed by atoms with Crippen LogP contribution in [0.1, 0.15) is 25.7 Å². The lowest BCUT2D eigenvalue weighted by Crippen LogP contribution is -2.41. The first-order chi connectivity index (χ1) is 17.2. The Bertz CT molecular complexity index is 1140. The highest BCUT2D eigenvalue weighted by Gasteiger charge is 2.25. The number of anilines is 2. The van der Waals surface area contributed by atoms with Gasteiger partial charge in [0.1, 0.15) is 17.7 Å². The standard InChI is InChI=1S/C26H31N5O4/c1-33-20-8-4-18(5-9-20)28-26(32)29-19-6-10-21(11-7-19)35-25-22-3-2-12-27-23(22)17-24(30-25)31-13-15-34-16-14-31/h2-5,8-9,12,17,19,21H,6-7,10-11,13-16H2,1H3,(H2,28,29,32)/t19-,21+. The van der Waals surface area contributed by atoms with E-state index in [1.165, 1.54) is 0 Å². The minimum atomic E-state index is -0.198. The van der Waals surface area contributed by atoms with Crippen molar-refractivity contribution in [2.24, 2.45) is 0 Å². The molecule has 1 aromatic carbocycles. The summed E-state index contributed by atoms with van der Waals surface area (Å²) < 4.78 is 17.1. The Morgan fingerprint density at radius 2 is 1.86 bits per heavy atom. The van der Waals surface area contributed by atoms with Gasteiger partial charge in [0.25, 0.3) is 0 Å².